The van der Waals surface area contributed by atoms with Gasteiger partial charge in [0.1, 0.15) is 11.8 Å². The SMILES string of the molecule is O=C(NC1CCCCCCC1)c1c(C(O)c2ccccc2Cl)c2ccccc2n1CCCCN1CCCC1. The molecule has 1 saturated heterocycles. The Bertz CT molecular complexity index is 1210. The number of likely N-dealkylation sites (tertiary alicyclic amines) is 1. The molecule has 6 heteroatoms. The van der Waals surface area contributed by atoms with E-state index in [1.54, 1.807) is 6.07 Å². The molecule has 1 atom stereocenters. The molecule has 0 radical (unpaired) electrons. The summed E-state index contributed by atoms with van der Waals surface area (Å²) in [5.74, 6) is -0.0765. The Hall–Kier alpha value is -2.34. The molecular weight excluding hydrogens is 494 g/mol. The molecule has 1 aromatic heterocycles. The summed E-state index contributed by atoms with van der Waals surface area (Å²) < 4.78 is 2.16. The standard InChI is InChI=1S/C32H42ClN3O2/c33-27-18-8-6-16-25(27)31(37)29-26-17-7-9-19-28(26)36(23-13-12-22-35-20-10-11-21-35)30(29)32(38)34-24-14-4-2-1-3-5-15-24/h6-9,16-19,24,31,37H,1-5,10-15,20-23H2,(H,34,38). The van der Waals surface area contributed by atoms with E-state index < -0.39 is 6.10 Å². The topological polar surface area (TPSA) is 57.5 Å². The molecule has 1 unspecified atom stereocenters. The molecule has 1 saturated carbocycles. The molecule has 5 nitrogen and oxygen atoms in total. The van der Waals surface area contributed by atoms with Crippen molar-refractivity contribution in [2.24, 2.45) is 0 Å². The molecular formula is C32H42ClN3O2. The lowest BCUT2D eigenvalue weighted by Crippen LogP contribution is -2.37. The number of fused-ring (bicyclic) bond motifs is 1. The number of unbranched alkanes of at least 4 members (excludes halogenated alkanes) is 1. The van der Waals surface area contributed by atoms with Gasteiger partial charge in [0, 0.05) is 39.6 Å². The lowest BCUT2D eigenvalue weighted by atomic mass is 9.95. The fraction of sp³-hybridized carbons (Fsp3) is 0.531. The van der Waals surface area contributed by atoms with Crippen molar-refractivity contribution in [3.8, 4) is 0 Å². The first-order valence-electron chi connectivity index (χ1n) is 14.7. The zero-order valence-electron chi connectivity index (χ0n) is 22.5. The predicted octanol–water partition coefficient (Wildman–Crippen LogP) is 7.10. The summed E-state index contributed by atoms with van der Waals surface area (Å²) in [4.78, 5) is 16.6. The highest BCUT2D eigenvalue weighted by Gasteiger charge is 2.30. The summed E-state index contributed by atoms with van der Waals surface area (Å²) in [6, 6.07) is 15.7. The second kappa shape index (κ2) is 13.1. The molecule has 1 amide bonds. The Morgan fingerprint density at radius 3 is 2.32 bits per heavy atom. The van der Waals surface area contributed by atoms with Gasteiger partial charge >= 0.3 is 0 Å². The molecule has 2 aromatic carbocycles. The first-order valence-corrected chi connectivity index (χ1v) is 15.1. The van der Waals surface area contributed by atoms with Crippen LogP contribution in [0.3, 0.4) is 0 Å². The van der Waals surface area contributed by atoms with Crippen LogP contribution in [0.15, 0.2) is 48.5 Å². The van der Waals surface area contributed by atoms with E-state index in [0.717, 1.165) is 62.5 Å². The van der Waals surface area contributed by atoms with Crippen LogP contribution in [0.1, 0.15) is 98.3 Å². The zero-order chi connectivity index (χ0) is 26.3. The van der Waals surface area contributed by atoms with E-state index in [0.29, 0.717) is 21.8 Å². The molecule has 0 spiro atoms. The Labute approximate surface area is 232 Å². The van der Waals surface area contributed by atoms with Crippen molar-refractivity contribution < 1.29 is 9.90 Å². The van der Waals surface area contributed by atoms with Crippen LogP contribution in [-0.4, -0.2) is 46.2 Å². The monoisotopic (exact) mass is 535 g/mol. The van der Waals surface area contributed by atoms with Crippen molar-refractivity contribution >= 4 is 28.4 Å². The number of nitrogens with one attached hydrogen (secondary N) is 1. The highest BCUT2D eigenvalue weighted by Crippen LogP contribution is 2.37. The largest absolute Gasteiger partial charge is 0.383 e. The Morgan fingerprint density at radius 2 is 1.55 bits per heavy atom. The highest BCUT2D eigenvalue weighted by atomic mass is 35.5. The summed E-state index contributed by atoms with van der Waals surface area (Å²) >= 11 is 6.54. The van der Waals surface area contributed by atoms with Crippen LogP contribution in [0.4, 0.5) is 0 Å². The molecule has 2 fully saturated rings. The van der Waals surface area contributed by atoms with Crippen molar-refractivity contribution in [2.45, 2.75) is 89.3 Å². The van der Waals surface area contributed by atoms with Gasteiger partial charge in [-0.3, -0.25) is 4.79 Å². The lowest BCUT2D eigenvalue weighted by molar-refractivity contribution is 0.0915. The lowest BCUT2D eigenvalue weighted by Gasteiger charge is -2.23. The molecule has 2 N–H and O–H groups in total. The van der Waals surface area contributed by atoms with Gasteiger partial charge in [-0.05, 0) is 70.3 Å². The molecule has 2 heterocycles. The van der Waals surface area contributed by atoms with E-state index in [1.807, 2.05) is 36.4 Å². The van der Waals surface area contributed by atoms with Crippen LogP contribution in [0.2, 0.25) is 5.02 Å². The second-order valence-electron chi connectivity index (χ2n) is 11.1. The van der Waals surface area contributed by atoms with Crippen LogP contribution in [0, 0.1) is 0 Å². The first-order chi connectivity index (χ1) is 18.6. The van der Waals surface area contributed by atoms with E-state index >= 15 is 0 Å². The molecule has 1 aliphatic heterocycles. The normalized spacial score (nSPS) is 18.4. The molecule has 0 bridgehead atoms. The highest BCUT2D eigenvalue weighted by molar-refractivity contribution is 6.31. The van der Waals surface area contributed by atoms with E-state index in [-0.39, 0.29) is 11.9 Å². The number of nitrogens with zero attached hydrogens (tertiary/aromatic N) is 2. The third kappa shape index (κ3) is 6.27. The van der Waals surface area contributed by atoms with E-state index in [9.17, 15) is 9.90 Å². The minimum Gasteiger partial charge on any atom is -0.383 e. The molecule has 2 aliphatic rings. The third-order valence-electron chi connectivity index (χ3n) is 8.44. The van der Waals surface area contributed by atoms with Crippen molar-refractivity contribution in [2.75, 3.05) is 19.6 Å². The molecule has 38 heavy (non-hydrogen) atoms. The Balaban J connectivity index is 1.49. The molecule has 1 aliphatic carbocycles. The minimum atomic E-state index is -0.988. The smallest absolute Gasteiger partial charge is 0.268 e. The van der Waals surface area contributed by atoms with Gasteiger partial charge in [0.05, 0.1) is 0 Å². The van der Waals surface area contributed by atoms with Gasteiger partial charge in [0.15, 0.2) is 0 Å². The average molecular weight is 536 g/mol. The van der Waals surface area contributed by atoms with Crippen molar-refractivity contribution in [3.05, 3.63) is 70.4 Å². The van der Waals surface area contributed by atoms with Gasteiger partial charge in [0.25, 0.3) is 5.91 Å². The number of aryl methyl sites for hydroxylation is 1. The molecule has 3 aromatic rings. The summed E-state index contributed by atoms with van der Waals surface area (Å²) in [5.41, 5.74) is 2.88. The van der Waals surface area contributed by atoms with E-state index in [2.05, 4.69) is 20.9 Å². The van der Waals surface area contributed by atoms with Crippen molar-refractivity contribution in [1.82, 2.24) is 14.8 Å². The molecule has 204 valence electrons. The summed E-state index contributed by atoms with van der Waals surface area (Å²) in [5, 5.41) is 16.5. The van der Waals surface area contributed by atoms with Crippen LogP contribution < -0.4 is 5.32 Å². The fourth-order valence-corrected chi connectivity index (χ4v) is 6.64. The Kier molecular flexibility index (Phi) is 9.42. The minimum absolute atomic E-state index is 0.0765. The van der Waals surface area contributed by atoms with E-state index in [4.69, 9.17) is 11.6 Å². The maximum Gasteiger partial charge on any atom is 0.268 e. The average Bonchev–Trinajstić information content (AvgIpc) is 3.54. The predicted molar refractivity (Wildman–Crippen MR) is 156 cm³/mol. The summed E-state index contributed by atoms with van der Waals surface area (Å²) in [6.45, 7) is 4.26. The van der Waals surface area contributed by atoms with Gasteiger partial charge < -0.3 is 19.9 Å². The van der Waals surface area contributed by atoms with Crippen molar-refractivity contribution in [3.63, 3.8) is 0 Å². The Morgan fingerprint density at radius 1 is 0.895 bits per heavy atom. The van der Waals surface area contributed by atoms with Gasteiger partial charge in [-0.15, -0.1) is 0 Å². The van der Waals surface area contributed by atoms with Crippen LogP contribution in [0.25, 0.3) is 10.9 Å². The maximum atomic E-state index is 14.1. The number of rotatable bonds is 9. The van der Waals surface area contributed by atoms with Crippen molar-refractivity contribution in [1.29, 1.82) is 0 Å². The summed E-state index contributed by atoms with van der Waals surface area (Å²) in [6.07, 6.45) is 11.8. The fourth-order valence-electron chi connectivity index (χ4n) is 6.40. The van der Waals surface area contributed by atoms with Crippen LogP contribution >= 0.6 is 11.6 Å². The number of aromatic nitrogens is 1. The van der Waals surface area contributed by atoms with Gasteiger partial charge in [-0.25, -0.2) is 0 Å². The van der Waals surface area contributed by atoms with Gasteiger partial charge in [-0.2, -0.15) is 0 Å². The number of carbonyl (C=O) groups excluding carboxylic acids is 1. The number of hydrogen-bond donors (Lipinski definition) is 2. The second-order valence-corrected chi connectivity index (χ2v) is 11.5. The van der Waals surface area contributed by atoms with E-state index in [1.165, 1.54) is 45.2 Å². The summed E-state index contributed by atoms with van der Waals surface area (Å²) in [7, 11) is 0. The number of carbonyl (C=O) groups is 1. The number of amides is 1. The quantitative estimate of drug-likeness (QED) is 0.287. The third-order valence-corrected chi connectivity index (χ3v) is 8.79. The number of hydrogen-bond acceptors (Lipinski definition) is 3. The van der Waals surface area contributed by atoms with Gasteiger partial charge in [0.2, 0.25) is 0 Å². The number of benzene rings is 2. The number of halogens is 1. The van der Waals surface area contributed by atoms with Gasteiger partial charge in [-0.1, -0.05) is 80.1 Å². The number of aliphatic hydroxyl groups is 1. The molecule has 5 rings (SSSR count). The number of para-hydroxylation sites is 1. The number of aliphatic hydroxyl groups excluding tert-OH is 1. The maximum absolute atomic E-state index is 14.1. The van der Waals surface area contributed by atoms with Crippen LogP contribution in [-0.2, 0) is 6.54 Å². The van der Waals surface area contributed by atoms with Crippen LogP contribution in [0.5, 0.6) is 0 Å². The zero-order valence-corrected chi connectivity index (χ0v) is 23.3. The first kappa shape index (κ1) is 27.2.